The molecule has 2 fully saturated rings. The summed E-state index contributed by atoms with van der Waals surface area (Å²) in [6.45, 7) is 10.5. The van der Waals surface area contributed by atoms with E-state index in [1.54, 1.807) is 34.2 Å². The van der Waals surface area contributed by atoms with E-state index in [0.717, 1.165) is 92.6 Å². The summed E-state index contributed by atoms with van der Waals surface area (Å²) in [7, 11) is 0. The Balaban J connectivity index is 0.740. The number of benzene rings is 3. The summed E-state index contributed by atoms with van der Waals surface area (Å²) in [5.41, 5.74) is 6.22. The van der Waals surface area contributed by atoms with Crippen molar-refractivity contribution in [2.45, 2.75) is 149 Å². The van der Waals surface area contributed by atoms with Crippen LogP contribution in [-0.2, 0) is 38.9 Å². The molecule has 0 unspecified atom stereocenters. The maximum atomic E-state index is 14.1. The average Bonchev–Trinajstić information content (AvgIpc) is 4.25. The Hall–Kier alpha value is -7.03. The third kappa shape index (κ3) is 16.5. The molecule has 0 radical (unpaired) electrons. The molecule has 2 aliphatic rings. The fraction of sp³-hybridized carbons (Fsp3) is 0.466. The number of ether oxygens (including phenoxy) is 1. The highest BCUT2D eigenvalue weighted by Crippen LogP contribution is 2.35. The van der Waals surface area contributed by atoms with Crippen LogP contribution in [0.15, 0.2) is 84.9 Å². The number of hydrogen-bond acceptors (Lipinski definition) is 14. The number of likely N-dealkylation sites (tertiary alicyclic amines) is 2. The third-order valence-corrected chi connectivity index (χ3v) is 15.5. The summed E-state index contributed by atoms with van der Waals surface area (Å²) < 4.78 is 22.0. The molecular weight excluding hydrogens is 1050 g/mol. The van der Waals surface area contributed by atoms with E-state index in [0.29, 0.717) is 58.9 Å². The lowest BCUT2D eigenvalue weighted by Gasteiger charge is -2.35. The van der Waals surface area contributed by atoms with Crippen LogP contribution in [0.1, 0.15) is 121 Å². The van der Waals surface area contributed by atoms with Crippen LogP contribution in [-0.4, -0.2) is 106 Å². The van der Waals surface area contributed by atoms with Crippen LogP contribution < -0.4 is 26.0 Å². The molecule has 0 bridgehead atoms. The molecular formula is C58H72ClFN12O6S. The number of halogens is 2. The highest BCUT2D eigenvalue weighted by Gasteiger charge is 2.44. The van der Waals surface area contributed by atoms with Gasteiger partial charge in [0.15, 0.2) is 0 Å². The molecule has 2 aliphatic heterocycles. The standard InChI is InChI=1S/C58H72ClFN12O6S/c1-38-53(79-37-64-38)40-19-17-39(18-20-40)32-61-56(76)49-29-43(73)34-72(49)57(77)54(58(2,3)4)67-51(74)16-12-9-7-5-6-8-10-15-26-71-33-42(68-69-71)35-78-50-31-47-44(30-48(50)66-52(75)23-27-70-24-13-11-14-25-70)55(63-36-62-47)65-41-21-22-46(60)45(59)28-41/h17-23,27-28,30-31,33,36-37,43,49,54,73H,5-16,24-26,29,32,34-35H2,1-4H3,(H,61,76)(H,66,75)(H,67,74)(H,62,63,65)/b27-23+/t43-,49+,54-/m0/s1. The number of unbranched alkanes of at least 4 members (excludes halogenated alkanes) is 7. The van der Waals surface area contributed by atoms with E-state index in [9.17, 15) is 28.7 Å². The van der Waals surface area contributed by atoms with E-state index in [1.807, 2.05) is 69.9 Å². The summed E-state index contributed by atoms with van der Waals surface area (Å²) in [5.74, 6) is -0.965. The molecule has 0 aliphatic carbocycles. The van der Waals surface area contributed by atoms with Crippen molar-refractivity contribution in [1.82, 2.24) is 50.4 Å². The quantitative estimate of drug-likeness (QED) is 0.0266. The van der Waals surface area contributed by atoms with E-state index < -0.39 is 29.4 Å². The summed E-state index contributed by atoms with van der Waals surface area (Å²) in [4.78, 5) is 72.0. The van der Waals surface area contributed by atoms with Crippen molar-refractivity contribution >= 4 is 74.7 Å². The smallest absolute Gasteiger partial charge is 0.249 e. The highest BCUT2D eigenvalue weighted by molar-refractivity contribution is 7.13. The van der Waals surface area contributed by atoms with Gasteiger partial charge in [-0.15, -0.1) is 16.4 Å². The van der Waals surface area contributed by atoms with Gasteiger partial charge in [0.1, 0.15) is 48.1 Å². The Bertz CT molecular complexity index is 3070. The number of aliphatic hydroxyl groups excluding tert-OH is 1. The SMILES string of the molecule is Cc1ncsc1-c1ccc(CNC(=O)[C@H]2C[C@H](O)CN2C(=O)[C@H](NC(=O)CCCCCCCCCCn2cc(COc3cc4ncnc(Nc5ccc(F)c(Cl)c5)c4cc3NC(=O)/C=C/N3CCCCC3)nn2)C(C)(C)C)cc1. The number of hydrogen-bond donors (Lipinski definition) is 5. The molecule has 420 valence electrons. The molecule has 21 heteroatoms. The maximum absolute atomic E-state index is 14.1. The second-order valence-electron chi connectivity index (χ2n) is 21.5. The predicted octanol–water partition coefficient (Wildman–Crippen LogP) is 10.0. The minimum atomic E-state index is -0.866. The fourth-order valence-electron chi connectivity index (χ4n) is 9.83. The number of amides is 4. The van der Waals surface area contributed by atoms with Gasteiger partial charge < -0.3 is 40.9 Å². The number of carbonyl (C=O) groups is 4. The van der Waals surface area contributed by atoms with E-state index in [1.165, 1.54) is 35.9 Å². The van der Waals surface area contributed by atoms with Crippen molar-refractivity contribution in [1.29, 1.82) is 0 Å². The number of fused-ring (bicyclic) bond motifs is 1. The van der Waals surface area contributed by atoms with Gasteiger partial charge in [0, 0.05) is 75.0 Å². The van der Waals surface area contributed by atoms with Crippen LogP contribution in [0.4, 0.5) is 21.6 Å². The highest BCUT2D eigenvalue weighted by atomic mass is 35.5. The van der Waals surface area contributed by atoms with Crippen molar-refractivity contribution in [3.63, 3.8) is 0 Å². The Morgan fingerprint density at radius 2 is 1.68 bits per heavy atom. The summed E-state index contributed by atoms with van der Waals surface area (Å²) in [6.07, 6.45) is 17.2. The van der Waals surface area contributed by atoms with Crippen LogP contribution in [0.2, 0.25) is 5.02 Å². The molecule has 8 rings (SSSR count). The summed E-state index contributed by atoms with van der Waals surface area (Å²) >= 11 is 7.63. The first-order valence-corrected chi connectivity index (χ1v) is 28.6. The molecule has 4 amide bonds. The number of β-amino-alcohol motifs (C(OH)–C–C–N with tert-alkyl or cyclic N) is 1. The number of aliphatic hydroxyl groups is 1. The predicted molar refractivity (Wildman–Crippen MR) is 305 cm³/mol. The van der Waals surface area contributed by atoms with Crippen LogP contribution >= 0.6 is 22.9 Å². The first-order chi connectivity index (χ1) is 38.1. The zero-order chi connectivity index (χ0) is 55.9. The first-order valence-electron chi connectivity index (χ1n) is 27.4. The fourth-order valence-corrected chi connectivity index (χ4v) is 10.8. The average molecular weight is 1120 g/mol. The molecule has 3 aromatic heterocycles. The number of thiazole rings is 1. The molecule has 0 saturated carbocycles. The summed E-state index contributed by atoms with van der Waals surface area (Å²) in [5, 5.41) is 31.9. The number of aromatic nitrogens is 6. The Kier molecular flexibility index (Phi) is 20.4. The largest absolute Gasteiger partial charge is 0.485 e. The van der Waals surface area contributed by atoms with Crippen LogP contribution in [0.3, 0.4) is 0 Å². The van der Waals surface area contributed by atoms with Gasteiger partial charge in [0.2, 0.25) is 23.6 Å². The normalized spacial score (nSPS) is 16.1. The maximum Gasteiger partial charge on any atom is 0.249 e. The summed E-state index contributed by atoms with van der Waals surface area (Å²) in [6, 6.07) is 14.0. The van der Waals surface area contributed by atoms with E-state index in [2.05, 4.69) is 51.4 Å². The number of rotatable bonds is 25. The zero-order valence-electron chi connectivity index (χ0n) is 45.5. The number of anilines is 3. The van der Waals surface area contributed by atoms with Gasteiger partial charge in [-0.05, 0) is 79.8 Å². The second-order valence-corrected chi connectivity index (χ2v) is 22.8. The van der Waals surface area contributed by atoms with Gasteiger partial charge in [0.25, 0.3) is 0 Å². The first kappa shape index (κ1) is 58.1. The Labute approximate surface area is 470 Å². The number of aryl methyl sites for hydroxylation is 2. The Morgan fingerprint density at radius 1 is 0.937 bits per heavy atom. The molecule has 18 nitrogen and oxygen atoms in total. The van der Waals surface area contributed by atoms with Crippen molar-refractivity contribution in [3.8, 4) is 16.2 Å². The molecule has 3 aromatic carbocycles. The lowest BCUT2D eigenvalue weighted by atomic mass is 9.85. The number of nitrogens with one attached hydrogen (secondary N) is 4. The van der Waals surface area contributed by atoms with E-state index in [4.69, 9.17) is 16.3 Å². The lowest BCUT2D eigenvalue weighted by molar-refractivity contribution is -0.144. The van der Waals surface area contributed by atoms with Gasteiger partial charge in [-0.2, -0.15) is 0 Å². The molecule has 3 atom stereocenters. The van der Waals surface area contributed by atoms with Gasteiger partial charge in [0.05, 0.1) is 44.6 Å². The molecule has 2 saturated heterocycles. The minimum absolute atomic E-state index is 0.0212. The second kappa shape index (κ2) is 27.7. The van der Waals surface area contributed by atoms with Gasteiger partial charge in [-0.3, -0.25) is 23.9 Å². The van der Waals surface area contributed by atoms with Crippen LogP contribution in [0, 0.1) is 18.2 Å². The van der Waals surface area contributed by atoms with Crippen molar-refractivity contribution in [2.75, 3.05) is 30.3 Å². The Morgan fingerprint density at radius 3 is 2.41 bits per heavy atom. The van der Waals surface area contributed by atoms with Crippen molar-refractivity contribution in [2.24, 2.45) is 5.41 Å². The van der Waals surface area contributed by atoms with Crippen LogP contribution in [0.25, 0.3) is 21.3 Å². The van der Waals surface area contributed by atoms with Gasteiger partial charge >= 0.3 is 0 Å². The molecule has 0 spiro atoms. The molecule has 5 heterocycles. The molecule has 6 aromatic rings. The minimum Gasteiger partial charge on any atom is -0.485 e. The van der Waals surface area contributed by atoms with Gasteiger partial charge in [-0.25, -0.2) is 19.3 Å². The number of carbonyl (C=O) groups excluding carboxylic acids is 4. The topological polar surface area (TPSA) is 222 Å². The monoisotopic (exact) mass is 1120 g/mol. The van der Waals surface area contributed by atoms with Gasteiger partial charge in [-0.1, -0.05) is 100 Å². The van der Waals surface area contributed by atoms with E-state index >= 15 is 0 Å². The molecule has 79 heavy (non-hydrogen) atoms. The lowest BCUT2D eigenvalue weighted by Crippen LogP contribution is -2.57. The molecule has 5 N–H and O–H groups in total. The van der Waals surface area contributed by atoms with Crippen molar-refractivity contribution in [3.05, 3.63) is 113 Å². The van der Waals surface area contributed by atoms with E-state index in [-0.39, 0.29) is 54.8 Å². The third-order valence-electron chi connectivity index (χ3n) is 14.2. The number of nitrogens with zero attached hydrogens (tertiary/aromatic N) is 8. The number of piperidine rings is 1. The van der Waals surface area contributed by atoms with Crippen molar-refractivity contribution < 1.29 is 33.4 Å². The zero-order valence-corrected chi connectivity index (χ0v) is 47.1. The van der Waals surface area contributed by atoms with Crippen LogP contribution in [0.5, 0.6) is 5.75 Å².